The molecule has 2 aromatic heterocycles. The molecule has 7 nitrogen and oxygen atoms in total. The maximum absolute atomic E-state index is 12.0. The summed E-state index contributed by atoms with van der Waals surface area (Å²) < 4.78 is 1.91. The van der Waals surface area contributed by atoms with Crippen molar-refractivity contribution >= 4 is 29.2 Å². The van der Waals surface area contributed by atoms with E-state index in [1.54, 1.807) is 11.0 Å². The molecule has 4 rings (SSSR count). The SMILES string of the molecule is O=C(/C=C/c1ccc(N2CCCC2=O)cc1)NCCc1nnc2ccccn12. The summed E-state index contributed by atoms with van der Waals surface area (Å²) in [6.07, 6.45) is 7.31. The van der Waals surface area contributed by atoms with Crippen molar-refractivity contribution in [2.24, 2.45) is 0 Å². The third-order valence-electron chi connectivity index (χ3n) is 4.74. The third-order valence-corrected chi connectivity index (χ3v) is 4.74. The highest BCUT2D eigenvalue weighted by Gasteiger charge is 2.21. The standard InChI is InChI=1S/C21H21N5O2/c27-20(22-13-12-19-24-23-18-4-1-2-14-26(18)19)11-8-16-6-9-17(10-7-16)25-15-3-5-21(25)28/h1-2,4,6-11,14H,3,5,12-13,15H2,(H,22,27)/b11-8+. The maximum atomic E-state index is 12.0. The van der Waals surface area contributed by atoms with Gasteiger partial charge in [0.1, 0.15) is 5.82 Å². The number of carbonyl (C=O) groups excluding carboxylic acids is 2. The van der Waals surface area contributed by atoms with Gasteiger partial charge in [0.25, 0.3) is 0 Å². The Morgan fingerprint density at radius 2 is 2.00 bits per heavy atom. The van der Waals surface area contributed by atoms with Crippen LogP contribution in [0.4, 0.5) is 5.69 Å². The highest BCUT2D eigenvalue weighted by atomic mass is 16.2. The minimum Gasteiger partial charge on any atom is -0.352 e. The number of aromatic nitrogens is 3. The Morgan fingerprint density at radius 3 is 2.79 bits per heavy atom. The van der Waals surface area contributed by atoms with Gasteiger partial charge in [0, 0.05) is 43.9 Å². The number of carbonyl (C=O) groups is 2. The summed E-state index contributed by atoms with van der Waals surface area (Å²) in [5, 5.41) is 11.1. The summed E-state index contributed by atoms with van der Waals surface area (Å²) in [7, 11) is 0. The predicted octanol–water partition coefficient (Wildman–Crippen LogP) is 2.23. The Bertz CT molecular complexity index is 1020. The van der Waals surface area contributed by atoms with Crippen LogP contribution >= 0.6 is 0 Å². The molecule has 3 aromatic rings. The Hall–Kier alpha value is -3.48. The lowest BCUT2D eigenvalue weighted by atomic mass is 10.2. The van der Waals surface area contributed by atoms with Gasteiger partial charge in [-0.2, -0.15) is 0 Å². The van der Waals surface area contributed by atoms with Crippen LogP contribution in [0.1, 0.15) is 24.2 Å². The summed E-state index contributed by atoms with van der Waals surface area (Å²) in [5.41, 5.74) is 2.61. The van der Waals surface area contributed by atoms with E-state index < -0.39 is 0 Å². The van der Waals surface area contributed by atoms with Crippen molar-refractivity contribution in [2.75, 3.05) is 18.0 Å². The van der Waals surface area contributed by atoms with Crippen LogP contribution in [0, 0.1) is 0 Å². The minimum atomic E-state index is -0.160. The zero-order valence-corrected chi connectivity index (χ0v) is 15.4. The van der Waals surface area contributed by atoms with Crippen molar-refractivity contribution in [2.45, 2.75) is 19.3 Å². The van der Waals surface area contributed by atoms with Crippen LogP contribution in [0.5, 0.6) is 0 Å². The monoisotopic (exact) mass is 375 g/mol. The topological polar surface area (TPSA) is 79.6 Å². The van der Waals surface area contributed by atoms with Crippen molar-refractivity contribution in [1.82, 2.24) is 19.9 Å². The van der Waals surface area contributed by atoms with E-state index in [1.807, 2.05) is 53.1 Å². The third kappa shape index (κ3) is 3.93. The summed E-state index contributed by atoms with van der Waals surface area (Å²) in [5.74, 6) is 0.822. The van der Waals surface area contributed by atoms with Gasteiger partial charge in [0.15, 0.2) is 5.65 Å². The van der Waals surface area contributed by atoms with E-state index in [1.165, 1.54) is 6.08 Å². The molecule has 0 unspecified atom stereocenters. The van der Waals surface area contributed by atoms with Crippen molar-refractivity contribution in [3.63, 3.8) is 0 Å². The molecular weight excluding hydrogens is 354 g/mol. The first-order valence-electron chi connectivity index (χ1n) is 9.36. The van der Waals surface area contributed by atoms with E-state index in [0.29, 0.717) is 19.4 Å². The molecule has 1 N–H and O–H groups in total. The molecule has 1 aromatic carbocycles. The lowest BCUT2D eigenvalue weighted by molar-refractivity contribution is -0.117. The van der Waals surface area contributed by atoms with Gasteiger partial charge in [-0.05, 0) is 42.3 Å². The van der Waals surface area contributed by atoms with E-state index >= 15 is 0 Å². The fourth-order valence-corrected chi connectivity index (χ4v) is 3.28. The van der Waals surface area contributed by atoms with E-state index in [-0.39, 0.29) is 11.8 Å². The van der Waals surface area contributed by atoms with Crippen molar-refractivity contribution in [3.8, 4) is 0 Å². The van der Waals surface area contributed by atoms with Crippen molar-refractivity contribution < 1.29 is 9.59 Å². The zero-order valence-electron chi connectivity index (χ0n) is 15.4. The van der Waals surface area contributed by atoms with E-state index in [9.17, 15) is 9.59 Å². The summed E-state index contributed by atoms with van der Waals surface area (Å²) in [6.45, 7) is 1.26. The first kappa shape index (κ1) is 17.9. The number of fused-ring (bicyclic) bond motifs is 1. The van der Waals surface area contributed by atoms with Gasteiger partial charge in [0.2, 0.25) is 11.8 Å². The number of pyridine rings is 1. The highest BCUT2D eigenvalue weighted by molar-refractivity contribution is 5.95. The van der Waals surface area contributed by atoms with Gasteiger partial charge in [-0.25, -0.2) is 0 Å². The molecule has 0 spiro atoms. The Kier molecular flexibility index (Phi) is 5.14. The number of nitrogens with zero attached hydrogens (tertiary/aromatic N) is 4. The van der Waals surface area contributed by atoms with Gasteiger partial charge in [-0.3, -0.25) is 14.0 Å². The summed E-state index contributed by atoms with van der Waals surface area (Å²) >= 11 is 0. The van der Waals surface area contributed by atoms with Crippen molar-refractivity contribution in [1.29, 1.82) is 0 Å². The fraction of sp³-hybridized carbons (Fsp3) is 0.238. The molecule has 0 atom stereocenters. The molecule has 1 fully saturated rings. The average Bonchev–Trinajstić information content (AvgIpc) is 3.33. The second-order valence-corrected chi connectivity index (χ2v) is 6.66. The lowest BCUT2D eigenvalue weighted by Gasteiger charge is -2.15. The number of benzene rings is 1. The number of anilines is 1. The van der Waals surface area contributed by atoms with Crippen LogP contribution in [0.3, 0.4) is 0 Å². The largest absolute Gasteiger partial charge is 0.352 e. The summed E-state index contributed by atoms with van der Waals surface area (Å²) in [4.78, 5) is 25.6. The number of nitrogens with one attached hydrogen (secondary N) is 1. The second-order valence-electron chi connectivity index (χ2n) is 6.66. The van der Waals surface area contributed by atoms with Gasteiger partial charge < -0.3 is 10.2 Å². The lowest BCUT2D eigenvalue weighted by Crippen LogP contribution is -2.24. The summed E-state index contributed by atoms with van der Waals surface area (Å²) in [6, 6.07) is 13.4. The Labute approximate surface area is 162 Å². The molecule has 1 saturated heterocycles. The molecule has 0 saturated carbocycles. The molecule has 1 aliphatic rings. The highest BCUT2D eigenvalue weighted by Crippen LogP contribution is 2.21. The first-order chi connectivity index (χ1) is 13.7. The molecule has 0 aliphatic carbocycles. The number of hydrogen-bond donors (Lipinski definition) is 1. The molecule has 0 radical (unpaired) electrons. The van der Waals surface area contributed by atoms with Gasteiger partial charge in [-0.1, -0.05) is 18.2 Å². The van der Waals surface area contributed by atoms with Crippen LogP contribution in [0.25, 0.3) is 11.7 Å². The average molecular weight is 375 g/mol. The van der Waals surface area contributed by atoms with Gasteiger partial charge in [-0.15, -0.1) is 10.2 Å². The number of hydrogen-bond acceptors (Lipinski definition) is 4. The van der Waals surface area contributed by atoms with E-state index in [4.69, 9.17) is 0 Å². The molecule has 2 amide bonds. The smallest absolute Gasteiger partial charge is 0.244 e. The first-order valence-corrected chi connectivity index (χ1v) is 9.36. The van der Waals surface area contributed by atoms with E-state index in [2.05, 4.69) is 15.5 Å². The Morgan fingerprint density at radius 1 is 1.14 bits per heavy atom. The number of rotatable bonds is 6. The predicted molar refractivity (Wildman–Crippen MR) is 107 cm³/mol. The zero-order chi connectivity index (χ0) is 19.3. The van der Waals surface area contributed by atoms with Crippen LogP contribution < -0.4 is 10.2 Å². The van der Waals surface area contributed by atoms with Crippen LogP contribution in [0.15, 0.2) is 54.7 Å². The fourth-order valence-electron chi connectivity index (χ4n) is 3.28. The normalized spacial score (nSPS) is 14.3. The van der Waals surface area contributed by atoms with E-state index in [0.717, 1.165) is 35.7 Å². The molecule has 0 bridgehead atoms. The maximum Gasteiger partial charge on any atom is 0.244 e. The van der Waals surface area contributed by atoms with Crippen LogP contribution in [0.2, 0.25) is 0 Å². The second kappa shape index (κ2) is 8.04. The molecular formula is C21H21N5O2. The van der Waals surface area contributed by atoms with Gasteiger partial charge in [0.05, 0.1) is 0 Å². The minimum absolute atomic E-state index is 0.160. The quantitative estimate of drug-likeness (QED) is 0.670. The van der Waals surface area contributed by atoms with Crippen LogP contribution in [-0.2, 0) is 16.0 Å². The molecule has 1 aliphatic heterocycles. The molecule has 3 heterocycles. The van der Waals surface area contributed by atoms with Crippen molar-refractivity contribution in [3.05, 3.63) is 66.1 Å². The van der Waals surface area contributed by atoms with Crippen LogP contribution in [-0.4, -0.2) is 39.5 Å². The molecule has 28 heavy (non-hydrogen) atoms. The Balaban J connectivity index is 1.28. The number of amides is 2. The van der Waals surface area contributed by atoms with Gasteiger partial charge >= 0.3 is 0 Å². The molecule has 7 heteroatoms. The molecule has 142 valence electrons.